The van der Waals surface area contributed by atoms with Crippen molar-refractivity contribution in [1.29, 1.82) is 0 Å². The van der Waals surface area contributed by atoms with Crippen molar-refractivity contribution in [3.8, 4) is 11.1 Å². The molecule has 2 aromatic carbocycles. The Balaban J connectivity index is 1.59. The van der Waals surface area contributed by atoms with Crippen LogP contribution in [0.25, 0.3) is 11.1 Å². The maximum absolute atomic E-state index is 12.4. The fourth-order valence-corrected chi connectivity index (χ4v) is 3.59. The van der Waals surface area contributed by atoms with Crippen LogP contribution in [0.5, 0.6) is 0 Å². The second-order valence-corrected chi connectivity index (χ2v) is 7.73. The number of aliphatic carboxylic acids is 1. The van der Waals surface area contributed by atoms with Crippen LogP contribution < -0.4 is 10.6 Å². The Morgan fingerprint density at radius 2 is 1.61 bits per heavy atom. The van der Waals surface area contributed by atoms with Crippen LogP contribution in [0.15, 0.2) is 48.5 Å². The van der Waals surface area contributed by atoms with Crippen LogP contribution in [0.4, 0.5) is 4.79 Å². The molecule has 0 heterocycles. The summed E-state index contributed by atoms with van der Waals surface area (Å²) in [5.74, 6) is -2.15. The molecule has 1 aliphatic rings. The van der Waals surface area contributed by atoms with Gasteiger partial charge in [0.05, 0.1) is 6.54 Å². The van der Waals surface area contributed by atoms with Crippen LogP contribution in [-0.4, -0.2) is 53.0 Å². The van der Waals surface area contributed by atoms with E-state index >= 15 is 0 Å². The Labute approximate surface area is 180 Å². The minimum atomic E-state index is -2.10. The Bertz CT molecular complexity index is 942. The Hall–Kier alpha value is -3.39. The molecule has 2 amide bonds. The molecular formula is C23H26N2O6. The van der Waals surface area contributed by atoms with Crippen molar-refractivity contribution in [3.05, 3.63) is 59.7 Å². The predicted octanol–water partition coefficient (Wildman–Crippen LogP) is 2.26. The molecule has 4 N–H and O–H groups in total. The van der Waals surface area contributed by atoms with Gasteiger partial charge >= 0.3 is 12.1 Å². The van der Waals surface area contributed by atoms with Crippen molar-refractivity contribution < 1.29 is 29.3 Å². The van der Waals surface area contributed by atoms with E-state index in [0.717, 1.165) is 29.2 Å². The lowest BCUT2D eigenvalue weighted by atomic mass is 9.98. The molecule has 0 bridgehead atoms. The standard InChI is InChI=1S/C23H26N2O6/c1-3-19(20(26)24-13-23(2,30)21(27)28)25-22(29)31-12-18-16-10-6-4-8-14(16)15-9-5-7-11-17(15)18/h4-11,18-19,30H,3,12-13H2,1-2H3,(H,24,26)(H,25,29)(H,27,28)/t19-,23?/m1/s1. The first-order valence-corrected chi connectivity index (χ1v) is 10.1. The van der Waals surface area contributed by atoms with Gasteiger partial charge in [0.2, 0.25) is 5.91 Å². The van der Waals surface area contributed by atoms with Gasteiger partial charge in [-0.25, -0.2) is 9.59 Å². The number of nitrogens with one attached hydrogen (secondary N) is 2. The van der Waals surface area contributed by atoms with E-state index in [2.05, 4.69) is 10.6 Å². The SMILES string of the molecule is CC[C@@H](NC(=O)OCC1c2ccccc2-c2ccccc21)C(=O)NCC(C)(O)C(=O)O. The number of ether oxygens (including phenoxy) is 1. The second-order valence-electron chi connectivity index (χ2n) is 7.73. The highest BCUT2D eigenvalue weighted by Crippen LogP contribution is 2.44. The summed E-state index contributed by atoms with van der Waals surface area (Å²) in [7, 11) is 0. The number of carboxylic acid groups (broad SMARTS) is 1. The third-order valence-electron chi connectivity index (χ3n) is 5.43. The summed E-state index contributed by atoms with van der Waals surface area (Å²) < 4.78 is 5.43. The monoisotopic (exact) mass is 426 g/mol. The smallest absolute Gasteiger partial charge is 0.407 e. The summed E-state index contributed by atoms with van der Waals surface area (Å²) in [5, 5.41) is 23.5. The third kappa shape index (κ3) is 4.86. The number of carboxylic acids is 1. The highest BCUT2D eigenvalue weighted by Gasteiger charge is 2.32. The normalized spacial score (nSPS) is 15.2. The zero-order valence-electron chi connectivity index (χ0n) is 17.4. The van der Waals surface area contributed by atoms with Gasteiger partial charge in [-0.1, -0.05) is 55.5 Å². The van der Waals surface area contributed by atoms with Crippen LogP contribution in [0, 0.1) is 0 Å². The van der Waals surface area contributed by atoms with E-state index in [4.69, 9.17) is 9.84 Å². The summed E-state index contributed by atoms with van der Waals surface area (Å²) in [6, 6.07) is 15.0. The van der Waals surface area contributed by atoms with Crippen molar-refractivity contribution in [3.63, 3.8) is 0 Å². The quantitative estimate of drug-likeness (QED) is 0.513. The molecule has 2 atom stereocenters. The molecule has 1 aliphatic carbocycles. The number of hydrogen-bond acceptors (Lipinski definition) is 5. The fraction of sp³-hybridized carbons (Fsp3) is 0.348. The van der Waals surface area contributed by atoms with E-state index in [1.807, 2.05) is 48.5 Å². The van der Waals surface area contributed by atoms with Crippen LogP contribution in [0.3, 0.4) is 0 Å². The molecule has 0 fully saturated rings. The number of carbonyl (C=O) groups is 3. The average Bonchev–Trinajstić information content (AvgIpc) is 3.08. The highest BCUT2D eigenvalue weighted by atomic mass is 16.5. The molecule has 1 unspecified atom stereocenters. The lowest BCUT2D eigenvalue weighted by Crippen LogP contribution is -2.52. The van der Waals surface area contributed by atoms with Crippen LogP contribution in [0.1, 0.15) is 37.3 Å². The molecule has 0 saturated heterocycles. The topological polar surface area (TPSA) is 125 Å². The van der Waals surface area contributed by atoms with Crippen molar-refractivity contribution in [1.82, 2.24) is 10.6 Å². The zero-order valence-corrected chi connectivity index (χ0v) is 17.4. The minimum Gasteiger partial charge on any atom is -0.479 e. The second kappa shape index (κ2) is 9.18. The van der Waals surface area contributed by atoms with Gasteiger partial charge in [0, 0.05) is 5.92 Å². The van der Waals surface area contributed by atoms with Gasteiger partial charge in [-0.05, 0) is 35.6 Å². The van der Waals surface area contributed by atoms with Gasteiger partial charge in [-0.2, -0.15) is 0 Å². The average molecular weight is 426 g/mol. The summed E-state index contributed by atoms with van der Waals surface area (Å²) in [6.07, 6.45) is -0.473. The molecule has 0 aromatic heterocycles. The number of alkyl carbamates (subject to hydrolysis) is 1. The lowest BCUT2D eigenvalue weighted by molar-refractivity contribution is -0.156. The van der Waals surface area contributed by atoms with Gasteiger partial charge in [0.1, 0.15) is 12.6 Å². The van der Waals surface area contributed by atoms with Crippen molar-refractivity contribution >= 4 is 18.0 Å². The van der Waals surface area contributed by atoms with E-state index in [-0.39, 0.29) is 18.9 Å². The molecule has 0 radical (unpaired) electrons. The van der Waals surface area contributed by atoms with Crippen molar-refractivity contribution in [2.24, 2.45) is 0 Å². The minimum absolute atomic E-state index is 0.0993. The Morgan fingerprint density at radius 1 is 1.06 bits per heavy atom. The molecule has 3 rings (SSSR count). The number of carbonyl (C=O) groups excluding carboxylic acids is 2. The van der Waals surface area contributed by atoms with Gasteiger partial charge in [-0.15, -0.1) is 0 Å². The van der Waals surface area contributed by atoms with Gasteiger partial charge in [-0.3, -0.25) is 4.79 Å². The molecule has 0 aliphatic heterocycles. The van der Waals surface area contributed by atoms with E-state index in [1.165, 1.54) is 0 Å². The fourth-order valence-electron chi connectivity index (χ4n) is 3.59. The number of fused-ring (bicyclic) bond motifs is 3. The molecular weight excluding hydrogens is 400 g/mol. The van der Waals surface area contributed by atoms with Crippen molar-refractivity contribution in [2.75, 3.05) is 13.2 Å². The van der Waals surface area contributed by atoms with Crippen molar-refractivity contribution in [2.45, 2.75) is 37.8 Å². The first-order chi connectivity index (χ1) is 14.7. The van der Waals surface area contributed by atoms with Crippen LogP contribution in [0.2, 0.25) is 0 Å². The number of hydrogen-bond donors (Lipinski definition) is 4. The van der Waals surface area contributed by atoms with Crippen LogP contribution in [-0.2, 0) is 14.3 Å². The summed E-state index contributed by atoms with van der Waals surface area (Å²) in [4.78, 5) is 35.6. The van der Waals surface area contributed by atoms with E-state index in [0.29, 0.717) is 0 Å². The van der Waals surface area contributed by atoms with E-state index in [1.54, 1.807) is 6.92 Å². The van der Waals surface area contributed by atoms with E-state index < -0.39 is 36.2 Å². The number of aliphatic hydroxyl groups is 1. The molecule has 0 saturated carbocycles. The molecule has 8 heteroatoms. The number of rotatable bonds is 8. The molecule has 0 spiro atoms. The first kappa shape index (κ1) is 22.3. The lowest BCUT2D eigenvalue weighted by Gasteiger charge is -2.22. The van der Waals surface area contributed by atoms with Crippen LogP contribution >= 0.6 is 0 Å². The molecule has 2 aromatic rings. The third-order valence-corrected chi connectivity index (χ3v) is 5.43. The van der Waals surface area contributed by atoms with Gasteiger partial charge in [0.25, 0.3) is 0 Å². The molecule has 164 valence electrons. The summed E-state index contributed by atoms with van der Waals surface area (Å²) in [6.45, 7) is 2.41. The number of benzene rings is 2. The van der Waals surface area contributed by atoms with E-state index in [9.17, 15) is 19.5 Å². The number of amides is 2. The molecule has 8 nitrogen and oxygen atoms in total. The molecule has 31 heavy (non-hydrogen) atoms. The Kier molecular flexibility index (Phi) is 6.60. The Morgan fingerprint density at radius 3 is 2.13 bits per heavy atom. The maximum atomic E-state index is 12.4. The summed E-state index contributed by atoms with van der Waals surface area (Å²) in [5.41, 5.74) is 2.29. The zero-order chi connectivity index (χ0) is 22.6. The predicted molar refractivity (Wildman–Crippen MR) is 114 cm³/mol. The maximum Gasteiger partial charge on any atom is 0.407 e. The highest BCUT2D eigenvalue weighted by molar-refractivity contribution is 5.86. The van der Waals surface area contributed by atoms with Gasteiger partial charge < -0.3 is 25.6 Å². The summed E-state index contributed by atoms with van der Waals surface area (Å²) >= 11 is 0. The largest absolute Gasteiger partial charge is 0.479 e. The van der Waals surface area contributed by atoms with Gasteiger partial charge in [0.15, 0.2) is 5.60 Å². The first-order valence-electron chi connectivity index (χ1n) is 10.1.